The first-order valence-corrected chi connectivity index (χ1v) is 7.36. The van der Waals surface area contributed by atoms with E-state index < -0.39 is 12.1 Å². The van der Waals surface area contributed by atoms with E-state index in [0.29, 0.717) is 12.8 Å². The Bertz CT molecular complexity index is 404. The minimum absolute atomic E-state index is 0.0655. The van der Waals surface area contributed by atoms with E-state index in [0.717, 1.165) is 17.7 Å². The third-order valence-corrected chi connectivity index (χ3v) is 4.20. The summed E-state index contributed by atoms with van der Waals surface area (Å²) in [5.41, 5.74) is 0. The SMILES string of the molecule is CC(NC1CCC(=O)N(C)C1=O)C(=O)NC1CCCC1. The van der Waals surface area contributed by atoms with Crippen LogP contribution in [0.4, 0.5) is 0 Å². The van der Waals surface area contributed by atoms with Crippen molar-refractivity contribution in [2.75, 3.05) is 7.05 Å². The van der Waals surface area contributed by atoms with Gasteiger partial charge in [-0.3, -0.25) is 24.6 Å². The molecule has 3 amide bonds. The van der Waals surface area contributed by atoms with Gasteiger partial charge in [0, 0.05) is 19.5 Å². The Morgan fingerprint density at radius 2 is 1.90 bits per heavy atom. The maximum atomic E-state index is 12.1. The molecule has 1 saturated heterocycles. The first-order chi connectivity index (χ1) is 9.49. The molecule has 1 aliphatic heterocycles. The topological polar surface area (TPSA) is 78.5 Å². The lowest BCUT2D eigenvalue weighted by Crippen LogP contribution is -2.56. The van der Waals surface area contributed by atoms with E-state index in [2.05, 4.69) is 10.6 Å². The number of hydrogen-bond donors (Lipinski definition) is 2. The summed E-state index contributed by atoms with van der Waals surface area (Å²) < 4.78 is 0. The van der Waals surface area contributed by atoms with Crippen LogP contribution in [-0.4, -0.2) is 47.8 Å². The maximum Gasteiger partial charge on any atom is 0.246 e. The largest absolute Gasteiger partial charge is 0.352 e. The molecule has 20 heavy (non-hydrogen) atoms. The quantitative estimate of drug-likeness (QED) is 0.720. The molecule has 2 unspecified atom stereocenters. The molecule has 0 aromatic rings. The Labute approximate surface area is 119 Å². The van der Waals surface area contributed by atoms with Gasteiger partial charge < -0.3 is 5.32 Å². The minimum atomic E-state index is -0.443. The number of nitrogens with one attached hydrogen (secondary N) is 2. The van der Waals surface area contributed by atoms with Gasteiger partial charge in [0.15, 0.2) is 0 Å². The number of nitrogens with zero attached hydrogens (tertiary/aromatic N) is 1. The lowest BCUT2D eigenvalue weighted by molar-refractivity contribution is -0.148. The fraction of sp³-hybridized carbons (Fsp3) is 0.786. The zero-order valence-electron chi connectivity index (χ0n) is 12.1. The molecule has 1 heterocycles. The van der Waals surface area contributed by atoms with Crippen LogP contribution in [0.2, 0.25) is 0 Å². The summed E-state index contributed by atoms with van der Waals surface area (Å²) in [6, 6.07) is -0.591. The average Bonchev–Trinajstić information content (AvgIpc) is 2.92. The molecule has 0 radical (unpaired) electrons. The van der Waals surface area contributed by atoms with Gasteiger partial charge in [0.1, 0.15) is 0 Å². The number of hydrogen-bond acceptors (Lipinski definition) is 4. The molecule has 2 fully saturated rings. The lowest BCUT2D eigenvalue weighted by Gasteiger charge is -2.30. The Balaban J connectivity index is 1.83. The number of carbonyl (C=O) groups excluding carboxylic acids is 3. The van der Waals surface area contributed by atoms with Crippen LogP contribution < -0.4 is 10.6 Å². The van der Waals surface area contributed by atoms with Gasteiger partial charge in [-0.25, -0.2) is 0 Å². The van der Waals surface area contributed by atoms with E-state index in [1.165, 1.54) is 19.9 Å². The van der Waals surface area contributed by atoms with Crippen molar-refractivity contribution in [3.8, 4) is 0 Å². The maximum absolute atomic E-state index is 12.1. The van der Waals surface area contributed by atoms with Crippen LogP contribution in [0, 0.1) is 0 Å². The molecule has 2 atom stereocenters. The second-order valence-electron chi connectivity index (χ2n) is 5.76. The fourth-order valence-corrected chi connectivity index (χ4v) is 2.84. The third-order valence-electron chi connectivity index (χ3n) is 4.20. The van der Waals surface area contributed by atoms with Crippen LogP contribution in [0.25, 0.3) is 0 Å². The van der Waals surface area contributed by atoms with Crippen molar-refractivity contribution in [1.29, 1.82) is 0 Å². The van der Waals surface area contributed by atoms with Gasteiger partial charge >= 0.3 is 0 Å². The van der Waals surface area contributed by atoms with Gasteiger partial charge in [0.05, 0.1) is 12.1 Å². The van der Waals surface area contributed by atoms with Crippen molar-refractivity contribution in [2.45, 2.75) is 63.6 Å². The first-order valence-electron chi connectivity index (χ1n) is 7.36. The molecular weight excluding hydrogens is 258 g/mol. The highest BCUT2D eigenvalue weighted by molar-refractivity contribution is 6.00. The smallest absolute Gasteiger partial charge is 0.246 e. The van der Waals surface area contributed by atoms with Crippen LogP contribution in [0.3, 0.4) is 0 Å². The van der Waals surface area contributed by atoms with E-state index in [1.54, 1.807) is 6.92 Å². The summed E-state index contributed by atoms with van der Waals surface area (Å²) in [5, 5.41) is 6.05. The second kappa shape index (κ2) is 6.35. The van der Waals surface area contributed by atoms with Crippen molar-refractivity contribution in [3.05, 3.63) is 0 Å². The molecule has 0 bridgehead atoms. The Kier molecular flexibility index (Phi) is 4.75. The summed E-state index contributed by atoms with van der Waals surface area (Å²) in [4.78, 5) is 36.5. The molecule has 0 aromatic carbocycles. The molecule has 2 N–H and O–H groups in total. The number of imide groups is 1. The molecule has 0 spiro atoms. The number of rotatable bonds is 4. The summed E-state index contributed by atoms with van der Waals surface area (Å²) in [7, 11) is 1.49. The fourth-order valence-electron chi connectivity index (χ4n) is 2.84. The van der Waals surface area contributed by atoms with Crippen molar-refractivity contribution in [2.24, 2.45) is 0 Å². The van der Waals surface area contributed by atoms with Crippen LogP contribution in [0.15, 0.2) is 0 Å². The average molecular weight is 281 g/mol. The molecule has 2 rings (SSSR count). The van der Waals surface area contributed by atoms with E-state index in [4.69, 9.17) is 0 Å². The molecule has 1 saturated carbocycles. The molecule has 6 nitrogen and oxygen atoms in total. The Morgan fingerprint density at radius 1 is 1.25 bits per heavy atom. The molecule has 1 aliphatic carbocycles. The number of carbonyl (C=O) groups is 3. The number of likely N-dealkylation sites (tertiary alicyclic amines) is 1. The van der Waals surface area contributed by atoms with E-state index >= 15 is 0 Å². The predicted octanol–water partition coefficient (Wildman–Crippen LogP) is 0.171. The van der Waals surface area contributed by atoms with Crippen molar-refractivity contribution >= 4 is 17.7 Å². The predicted molar refractivity (Wildman–Crippen MR) is 73.8 cm³/mol. The van der Waals surface area contributed by atoms with E-state index in [9.17, 15) is 14.4 Å². The van der Waals surface area contributed by atoms with Gasteiger partial charge in [-0.05, 0) is 26.2 Å². The number of piperidine rings is 1. The summed E-state index contributed by atoms with van der Waals surface area (Å²) in [5.74, 6) is -0.470. The van der Waals surface area contributed by atoms with Gasteiger partial charge in [0.25, 0.3) is 0 Å². The van der Waals surface area contributed by atoms with E-state index in [1.807, 2.05) is 0 Å². The first kappa shape index (κ1) is 15.0. The van der Waals surface area contributed by atoms with Gasteiger partial charge in [-0.2, -0.15) is 0 Å². The molecular formula is C14H23N3O3. The van der Waals surface area contributed by atoms with E-state index in [-0.39, 0.29) is 23.8 Å². The summed E-state index contributed by atoms with van der Waals surface area (Å²) >= 11 is 0. The Hall–Kier alpha value is -1.43. The van der Waals surface area contributed by atoms with Gasteiger partial charge in [0.2, 0.25) is 17.7 Å². The molecule has 0 aromatic heterocycles. The van der Waals surface area contributed by atoms with Crippen molar-refractivity contribution in [1.82, 2.24) is 15.5 Å². The monoisotopic (exact) mass is 281 g/mol. The van der Waals surface area contributed by atoms with Crippen LogP contribution in [0.5, 0.6) is 0 Å². The summed E-state index contributed by atoms with van der Waals surface area (Å²) in [6.45, 7) is 1.76. The zero-order valence-corrected chi connectivity index (χ0v) is 12.1. The normalized spacial score (nSPS) is 25.9. The van der Waals surface area contributed by atoms with Crippen molar-refractivity contribution < 1.29 is 14.4 Å². The van der Waals surface area contributed by atoms with Crippen LogP contribution in [0.1, 0.15) is 45.4 Å². The molecule has 6 heteroatoms. The lowest BCUT2D eigenvalue weighted by atomic mass is 10.0. The van der Waals surface area contributed by atoms with Crippen LogP contribution >= 0.6 is 0 Å². The third kappa shape index (κ3) is 3.36. The number of likely N-dealkylation sites (N-methyl/N-ethyl adjacent to an activating group) is 1. The minimum Gasteiger partial charge on any atom is -0.352 e. The second-order valence-corrected chi connectivity index (χ2v) is 5.76. The number of amides is 3. The highest BCUT2D eigenvalue weighted by atomic mass is 16.2. The zero-order chi connectivity index (χ0) is 14.7. The molecule has 2 aliphatic rings. The van der Waals surface area contributed by atoms with Crippen LogP contribution in [-0.2, 0) is 14.4 Å². The Morgan fingerprint density at radius 3 is 2.55 bits per heavy atom. The van der Waals surface area contributed by atoms with Gasteiger partial charge in [-0.1, -0.05) is 12.8 Å². The molecule has 112 valence electrons. The highest BCUT2D eigenvalue weighted by Gasteiger charge is 2.33. The van der Waals surface area contributed by atoms with Crippen molar-refractivity contribution in [3.63, 3.8) is 0 Å². The highest BCUT2D eigenvalue weighted by Crippen LogP contribution is 2.18. The van der Waals surface area contributed by atoms with Gasteiger partial charge in [-0.15, -0.1) is 0 Å². The standard InChI is InChI=1S/C14H23N3O3/c1-9(13(19)16-10-5-3-4-6-10)15-11-7-8-12(18)17(2)14(11)20/h9-11,15H,3-8H2,1-2H3,(H,16,19). The summed E-state index contributed by atoms with van der Waals surface area (Å²) in [6.07, 6.45) is 5.22.